The SMILES string of the molecule is CN(C)CCOc1ccccc1C(=O)C(F)(F)F.[I-]. The van der Waals surface area contributed by atoms with Crippen LogP contribution < -0.4 is 28.7 Å². The molecule has 0 aliphatic carbocycles. The largest absolute Gasteiger partial charge is 1.00 e. The highest BCUT2D eigenvalue weighted by Crippen LogP contribution is 2.27. The van der Waals surface area contributed by atoms with E-state index in [-0.39, 0.29) is 36.3 Å². The molecule has 0 aliphatic heterocycles. The van der Waals surface area contributed by atoms with Gasteiger partial charge in [-0.25, -0.2) is 0 Å². The maximum Gasteiger partial charge on any atom is 0.455 e. The predicted octanol–water partition coefficient (Wildman–Crippen LogP) is -0.624. The fraction of sp³-hybridized carbons (Fsp3) is 0.417. The van der Waals surface area contributed by atoms with Gasteiger partial charge in [0, 0.05) is 6.54 Å². The van der Waals surface area contributed by atoms with Gasteiger partial charge in [0.15, 0.2) is 0 Å². The van der Waals surface area contributed by atoms with Gasteiger partial charge in [0.2, 0.25) is 0 Å². The summed E-state index contributed by atoms with van der Waals surface area (Å²) in [4.78, 5) is 13.0. The predicted molar refractivity (Wildman–Crippen MR) is 60.9 cm³/mol. The van der Waals surface area contributed by atoms with Gasteiger partial charge < -0.3 is 33.6 Å². The van der Waals surface area contributed by atoms with Crippen molar-refractivity contribution in [1.82, 2.24) is 4.90 Å². The molecule has 7 heteroatoms. The fourth-order valence-electron chi connectivity index (χ4n) is 1.27. The average Bonchev–Trinajstić information content (AvgIpc) is 2.27. The number of ketones is 1. The van der Waals surface area contributed by atoms with E-state index in [0.717, 1.165) is 6.07 Å². The third-order valence-corrected chi connectivity index (χ3v) is 2.19. The van der Waals surface area contributed by atoms with Crippen LogP contribution in [0.5, 0.6) is 5.75 Å². The minimum atomic E-state index is -4.89. The second-order valence-corrected chi connectivity index (χ2v) is 3.97. The van der Waals surface area contributed by atoms with E-state index in [1.54, 1.807) is 0 Å². The van der Waals surface area contributed by atoms with Gasteiger partial charge in [-0.1, -0.05) is 12.1 Å². The minimum Gasteiger partial charge on any atom is -1.00 e. The summed E-state index contributed by atoms with van der Waals surface area (Å²) in [7, 11) is 3.63. The number of carbonyl (C=O) groups excluding carboxylic acids is 1. The van der Waals surface area contributed by atoms with Crippen LogP contribution in [0.2, 0.25) is 0 Å². The molecular formula is C12H14F3INO2-. The Labute approximate surface area is 126 Å². The number of likely N-dealkylation sites (N-methyl/N-ethyl adjacent to an activating group) is 1. The molecule has 3 nitrogen and oxygen atoms in total. The summed E-state index contributed by atoms with van der Waals surface area (Å²) in [5.41, 5.74) is -0.455. The number of hydrogen-bond donors (Lipinski definition) is 0. The number of rotatable bonds is 5. The van der Waals surface area contributed by atoms with Crippen molar-refractivity contribution in [2.75, 3.05) is 27.2 Å². The monoisotopic (exact) mass is 388 g/mol. The van der Waals surface area contributed by atoms with Crippen LogP contribution in [0.4, 0.5) is 13.2 Å². The van der Waals surface area contributed by atoms with Crippen molar-refractivity contribution in [3.63, 3.8) is 0 Å². The number of alkyl halides is 3. The molecule has 0 atom stereocenters. The molecule has 0 aromatic heterocycles. The van der Waals surface area contributed by atoms with Gasteiger partial charge in [0.1, 0.15) is 12.4 Å². The minimum absolute atomic E-state index is 0. The van der Waals surface area contributed by atoms with E-state index in [2.05, 4.69) is 0 Å². The molecule has 1 aromatic rings. The Morgan fingerprint density at radius 3 is 2.37 bits per heavy atom. The highest BCUT2D eigenvalue weighted by atomic mass is 127. The molecule has 0 radical (unpaired) electrons. The van der Waals surface area contributed by atoms with Crippen molar-refractivity contribution in [2.24, 2.45) is 0 Å². The molecule has 0 saturated carbocycles. The zero-order chi connectivity index (χ0) is 13.8. The Balaban J connectivity index is 0.00000324. The first-order chi connectivity index (χ1) is 8.32. The fourth-order valence-corrected chi connectivity index (χ4v) is 1.27. The quantitative estimate of drug-likeness (QED) is 0.498. The molecule has 0 unspecified atom stereocenters. The highest BCUT2D eigenvalue weighted by molar-refractivity contribution is 6.02. The second-order valence-electron chi connectivity index (χ2n) is 3.97. The molecular weight excluding hydrogens is 374 g/mol. The van der Waals surface area contributed by atoms with Gasteiger partial charge in [-0.2, -0.15) is 13.2 Å². The van der Waals surface area contributed by atoms with Gasteiger partial charge in [0.05, 0.1) is 5.56 Å². The van der Waals surface area contributed by atoms with Crippen LogP contribution in [0, 0.1) is 0 Å². The Morgan fingerprint density at radius 2 is 1.84 bits per heavy atom. The van der Waals surface area contributed by atoms with Crippen molar-refractivity contribution in [2.45, 2.75) is 6.18 Å². The van der Waals surface area contributed by atoms with Crippen molar-refractivity contribution >= 4 is 5.78 Å². The van der Waals surface area contributed by atoms with E-state index in [4.69, 9.17) is 4.74 Å². The molecule has 1 rings (SSSR count). The zero-order valence-electron chi connectivity index (χ0n) is 10.5. The van der Waals surface area contributed by atoms with Gasteiger partial charge in [-0.3, -0.25) is 4.79 Å². The topological polar surface area (TPSA) is 29.5 Å². The lowest BCUT2D eigenvalue weighted by Gasteiger charge is -2.14. The van der Waals surface area contributed by atoms with Gasteiger partial charge in [-0.15, -0.1) is 0 Å². The summed E-state index contributed by atoms with van der Waals surface area (Å²) in [6.45, 7) is 0.768. The summed E-state index contributed by atoms with van der Waals surface area (Å²) in [6, 6.07) is 5.37. The Morgan fingerprint density at radius 1 is 1.26 bits per heavy atom. The lowest BCUT2D eigenvalue weighted by Crippen LogP contribution is -3.00. The van der Waals surface area contributed by atoms with Gasteiger partial charge in [0.25, 0.3) is 5.78 Å². The summed E-state index contributed by atoms with van der Waals surface area (Å²) in [6.07, 6.45) is -4.89. The number of benzene rings is 1. The number of para-hydroxylation sites is 1. The number of hydrogen-bond acceptors (Lipinski definition) is 3. The first-order valence-electron chi connectivity index (χ1n) is 5.30. The Hall–Kier alpha value is -0.830. The molecule has 1 aromatic carbocycles. The van der Waals surface area contributed by atoms with Crippen LogP contribution in [0.3, 0.4) is 0 Å². The van der Waals surface area contributed by atoms with Crippen LogP contribution in [0.25, 0.3) is 0 Å². The maximum absolute atomic E-state index is 12.4. The van der Waals surface area contributed by atoms with Gasteiger partial charge >= 0.3 is 6.18 Å². The number of carbonyl (C=O) groups is 1. The van der Waals surface area contributed by atoms with E-state index in [1.807, 2.05) is 19.0 Å². The summed E-state index contributed by atoms with van der Waals surface area (Å²) in [5, 5.41) is 0. The molecule has 0 amide bonds. The third-order valence-electron chi connectivity index (χ3n) is 2.19. The van der Waals surface area contributed by atoms with Crippen LogP contribution in [0.15, 0.2) is 24.3 Å². The first kappa shape index (κ1) is 18.2. The van der Waals surface area contributed by atoms with Crippen molar-refractivity contribution in [3.05, 3.63) is 29.8 Å². The molecule has 108 valence electrons. The smallest absolute Gasteiger partial charge is 0.455 e. The van der Waals surface area contributed by atoms with E-state index in [1.165, 1.54) is 18.2 Å². The van der Waals surface area contributed by atoms with E-state index >= 15 is 0 Å². The average molecular weight is 388 g/mol. The summed E-state index contributed by atoms with van der Waals surface area (Å²) in [5.74, 6) is -1.93. The lowest BCUT2D eigenvalue weighted by atomic mass is 10.1. The van der Waals surface area contributed by atoms with Gasteiger partial charge in [-0.05, 0) is 26.2 Å². The van der Waals surface area contributed by atoms with E-state index in [9.17, 15) is 18.0 Å². The van der Waals surface area contributed by atoms with Crippen LogP contribution >= 0.6 is 0 Å². The van der Waals surface area contributed by atoms with Crippen LogP contribution in [0.1, 0.15) is 10.4 Å². The standard InChI is InChI=1S/C12H14F3NO2.HI/c1-16(2)7-8-18-10-6-4-3-5-9(10)11(17)12(13,14)15;/h3-6H,7-8H2,1-2H3;1H/p-1. The molecule has 0 spiro atoms. The van der Waals surface area contributed by atoms with E-state index in [0.29, 0.717) is 6.54 Å². The van der Waals surface area contributed by atoms with Crippen LogP contribution in [-0.4, -0.2) is 44.1 Å². The Bertz CT molecular complexity index is 422. The highest BCUT2D eigenvalue weighted by Gasteiger charge is 2.40. The van der Waals surface area contributed by atoms with Crippen LogP contribution in [-0.2, 0) is 0 Å². The summed E-state index contributed by atoms with van der Waals surface area (Å²) >= 11 is 0. The number of nitrogens with zero attached hydrogens (tertiary/aromatic N) is 1. The first-order valence-corrected chi connectivity index (χ1v) is 5.30. The lowest BCUT2D eigenvalue weighted by molar-refractivity contribution is -0.0886. The number of Topliss-reactive ketones (excluding diaryl/α,β-unsaturated/α-hetero) is 1. The van der Waals surface area contributed by atoms with E-state index < -0.39 is 17.5 Å². The molecule has 0 N–H and O–H groups in total. The molecule has 19 heavy (non-hydrogen) atoms. The molecule has 0 aliphatic rings. The van der Waals surface area contributed by atoms with Crippen molar-refractivity contribution in [1.29, 1.82) is 0 Å². The van der Waals surface area contributed by atoms with Crippen molar-refractivity contribution < 1.29 is 46.7 Å². The second kappa shape index (κ2) is 7.68. The zero-order valence-corrected chi connectivity index (χ0v) is 12.7. The third kappa shape index (κ3) is 5.77. The molecule has 0 bridgehead atoms. The maximum atomic E-state index is 12.4. The molecule has 0 heterocycles. The number of halogens is 4. The molecule has 0 saturated heterocycles. The summed E-state index contributed by atoms with van der Waals surface area (Å²) < 4.78 is 42.3. The number of ether oxygens (including phenoxy) is 1. The van der Waals surface area contributed by atoms with Crippen molar-refractivity contribution in [3.8, 4) is 5.75 Å². The normalized spacial score (nSPS) is 11.1. The molecule has 0 fully saturated rings. The Kier molecular flexibility index (Phi) is 7.35.